The van der Waals surface area contributed by atoms with E-state index in [-0.39, 0.29) is 5.60 Å². The first-order valence-electron chi connectivity index (χ1n) is 6.15. The van der Waals surface area contributed by atoms with Crippen LogP contribution in [0, 0.1) is 0 Å². The number of anilines is 1. The molecular formula is C14H23NO3. The van der Waals surface area contributed by atoms with Gasteiger partial charge in [-0.1, -0.05) is 6.07 Å². The highest BCUT2D eigenvalue weighted by atomic mass is 16.5. The van der Waals surface area contributed by atoms with E-state index in [0.29, 0.717) is 25.5 Å². The fraction of sp³-hybridized carbons (Fsp3) is 0.571. The molecular weight excluding hydrogens is 230 g/mol. The number of rotatable bonds is 8. The number of nitrogen functional groups attached to an aromatic ring is 1. The lowest BCUT2D eigenvalue weighted by Crippen LogP contribution is -2.24. The van der Waals surface area contributed by atoms with Gasteiger partial charge in [0.15, 0.2) is 0 Å². The van der Waals surface area contributed by atoms with Gasteiger partial charge >= 0.3 is 0 Å². The third-order valence-corrected chi connectivity index (χ3v) is 2.76. The van der Waals surface area contributed by atoms with Gasteiger partial charge in [-0.2, -0.15) is 0 Å². The zero-order chi connectivity index (χ0) is 13.4. The van der Waals surface area contributed by atoms with Crippen LogP contribution in [0.2, 0.25) is 0 Å². The Labute approximate surface area is 109 Å². The summed E-state index contributed by atoms with van der Waals surface area (Å²) in [5.74, 6) is 0.774. The first-order valence-corrected chi connectivity index (χ1v) is 6.15. The van der Waals surface area contributed by atoms with Gasteiger partial charge in [-0.05, 0) is 32.4 Å². The van der Waals surface area contributed by atoms with Gasteiger partial charge in [-0.25, -0.2) is 0 Å². The minimum atomic E-state index is -0.130. The number of hydrogen-bond donors (Lipinski definition) is 1. The Morgan fingerprint density at radius 2 is 1.94 bits per heavy atom. The third-order valence-electron chi connectivity index (χ3n) is 2.76. The van der Waals surface area contributed by atoms with E-state index >= 15 is 0 Å². The fourth-order valence-corrected chi connectivity index (χ4v) is 1.34. The van der Waals surface area contributed by atoms with E-state index < -0.39 is 0 Å². The highest BCUT2D eigenvalue weighted by Gasteiger charge is 2.15. The lowest BCUT2D eigenvalue weighted by molar-refractivity contribution is -0.0128. The molecule has 102 valence electrons. The van der Waals surface area contributed by atoms with Crippen LogP contribution in [-0.2, 0) is 9.47 Å². The molecule has 2 N–H and O–H groups in total. The topological polar surface area (TPSA) is 53.7 Å². The number of benzene rings is 1. The van der Waals surface area contributed by atoms with Crippen LogP contribution in [0.3, 0.4) is 0 Å². The number of ether oxygens (including phenoxy) is 3. The Morgan fingerprint density at radius 1 is 1.17 bits per heavy atom. The monoisotopic (exact) mass is 253 g/mol. The quantitative estimate of drug-likeness (QED) is 0.571. The lowest BCUT2D eigenvalue weighted by Gasteiger charge is -2.22. The molecule has 0 fully saturated rings. The van der Waals surface area contributed by atoms with Crippen LogP contribution >= 0.6 is 0 Å². The number of hydrogen-bond acceptors (Lipinski definition) is 4. The average Bonchev–Trinajstić information content (AvgIpc) is 2.34. The summed E-state index contributed by atoms with van der Waals surface area (Å²) >= 11 is 0. The maximum Gasteiger partial charge on any atom is 0.121 e. The second-order valence-corrected chi connectivity index (χ2v) is 4.75. The molecule has 1 rings (SSSR count). The standard InChI is InChI=1S/C14H23NO3/c1-14(2,16-3)7-8-17-9-10-18-13-6-4-5-12(15)11-13/h4-6,11H,7-10,15H2,1-3H3. The second kappa shape index (κ2) is 7.24. The Morgan fingerprint density at radius 3 is 2.61 bits per heavy atom. The van der Waals surface area contributed by atoms with Gasteiger partial charge in [0.05, 0.1) is 12.2 Å². The van der Waals surface area contributed by atoms with Gasteiger partial charge < -0.3 is 19.9 Å². The molecule has 0 aliphatic heterocycles. The van der Waals surface area contributed by atoms with Gasteiger partial charge in [-0.3, -0.25) is 0 Å². The third kappa shape index (κ3) is 5.89. The zero-order valence-electron chi connectivity index (χ0n) is 11.4. The van der Waals surface area contributed by atoms with Crippen molar-refractivity contribution in [2.45, 2.75) is 25.9 Å². The molecule has 0 saturated carbocycles. The molecule has 0 amide bonds. The van der Waals surface area contributed by atoms with Crippen molar-refractivity contribution in [1.82, 2.24) is 0 Å². The predicted molar refractivity (Wildman–Crippen MR) is 72.9 cm³/mol. The summed E-state index contributed by atoms with van der Waals surface area (Å²) in [4.78, 5) is 0. The normalized spacial score (nSPS) is 11.5. The largest absolute Gasteiger partial charge is 0.491 e. The van der Waals surface area contributed by atoms with Crippen molar-refractivity contribution in [1.29, 1.82) is 0 Å². The highest BCUT2D eigenvalue weighted by Crippen LogP contribution is 2.14. The Balaban J connectivity index is 2.09. The zero-order valence-corrected chi connectivity index (χ0v) is 11.4. The molecule has 0 heterocycles. The summed E-state index contributed by atoms with van der Waals surface area (Å²) in [6, 6.07) is 7.38. The van der Waals surface area contributed by atoms with Crippen LogP contribution in [0.4, 0.5) is 5.69 Å². The Bertz CT molecular complexity index is 353. The molecule has 0 saturated heterocycles. The molecule has 18 heavy (non-hydrogen) atoms. The first kappa shape index (κ1) is 14.8. The van der Waals surface area contributed by atoms with Crippen molar-refractivity contribution < 1.29 is 14.2 Å². The van der Waals surface area contributed by atoms with Crippen molar-refractivity contribution in [3.05, 3.63) is 24.3 Å². The summed E-state index contributed by atoms with van der Waals surface area (Å²) < 4.78 is 16.3. The maximum absolute atomic E-state index is 5.65. The van der Waals surface area contributed by atoms with E-state index in [1.54, 1.807) is 13.2 Å². The summed E-state index contributed by atoms with van der Waals surface area (Å²) in [6.45, 7) is 5.84. The molecule has 0 atom stereocenters. The summed E-state index contributed by atoms with van der Waals surface area (Å²) in [5.41, 5.74) is 6.22. The van der Waals surface area contributed by atoms with E-state index in [1.165, 1.54) is 0 Å². The van der Waals surface area contributed by atoms with Crippen LogP contribution < -0.4 is 10.5 Å². The van der Waals surface area contributed by atoms with Crippen LogP contribution in [-0.4, -0.2) is 32.5 Å². The highest BCUT2D eigenvalue weighted by molar-refractivity contribution is 5.43. The van der Waals surface area contributed by atoms with Crippen LogP contribution in [0.5, 0.6) is 5.75 Å². The Kier molecular flexibility index (Phi) is 5.95. The van der Waals surface area contributed by atoms with Gasteiger partial charge in [0, 0.05) is 25.5 Å². The smallest absolute Gasteiger partial charge is 0.121 e. The summed E-state index contributed by atoms with van der Waals surface area (Å²) in [5, 5.41) is 0. The van der Waals surface area contributed by atoms with E-state index in [2.05, 4.69) is 0 Å². The van der Waals surface area contributed by atoms with E-state index in [9.17, 15) is 0 Å². The average molecular weight is 253 g/mol. The van der Waals surface area contributed by atoms with Crippen molar-refractivity contribution in [3.8, 4) is 5.75 Å². The van der Waals surface area contributed by atoms with Crippen molar-refractivity contribution in [3.63, 3.8) is 0 Å². The van der Waals surface area contributed by atoms with Crippen LogP contribution in [0.25, 0.3) is 0 Å². The molecule has 4 heteroatoms. The van der Waals surface area contributed by atoms with E-state index in [0.717, 1.165) is 12.2 Å². The molecule has 1 aromatic carbocycles. The summed E-state index contributed by atoms with van der Waals surface area (Å²) in [6.07, 6.45) is 0.863. The molecule has 0 aliphatic rings. The number of nitrogens with two attached hydrogens (primary N) is 1. The fourth-order valence-electron chi connectivity index (χ4n) is 1.34. The maximum atomic E-state index is 5.65. The Hall–Kier alpha value is -1.26. The lowest BCUT2D eigenvalue weighted by atomic mass is 10.1. The molecule has 0 spiro atoms. The number of methoxy groups -OCH3 is 1. The molecule has 1 aromatic rings. The predicted octanol–water partition coefficient (Wildman–Crippen LogP) is 2.48. The molecule has 0 aromatic heterocycles. The SMILES string of the molecule is COC(C)(C)CCOCCOc1cccc(N)c1. The van der Waals surface area contributed by atoms with Crippen LogP contribution in [0.1, 0.15) is 20.3 Å². The van der Waals surface area contributed by atoms with Crippen molar-refractivity contribution >= 4 is 5.69 Å². The van der Waals surface area contributed by atoms with Crippen molar-refractivity contribution in [2.24, 2.45) is 0 Å². The van der Waals surface area contributed by atoms with Gasteiger partial charge in [0.25, 0.3) is 0 Å². The molecule has 0 unspecified atom stereocenters. The molecule has 0 aliphatic carbocycles. The molecule has 0 radical (unpaired) electrons. The molecule has 4 nitrogen and oxygen atoms in total. The van der Waals surface area contributed by atoms with E-state index in [4.69, 9.17) is 19.9 Å². The van der Waals surface area contributed by atoms with Gasteiger partial charge in [0.1, 0.15) is 12.4 Å². The van der Waals surface area contributed by atoms with Crippen molar-refractivity contribution in [2.75, 3.05) is 32.7 Å². The van der Waals surface area contributed by atoms with Crippen LogP contribution in [0.15, 0.2) is 24.3 Å². The van der Waals surface area contributed by atoms with E-state index in [1.807, 2.05) is 32.0 Å². The minimum Gasteiger partial charge on any atom is -0.491 e. The second-order valence-electron chi connectivity index (χ2n) is 4.75. The summed E-state index contributed by atoms with van der Waals surface area (Å²) in [7, 11) is 1.71. The molecule has 0 bridgehead atoms. The van der Waals surface area contributed by atoms with Gasteiger partial charge in [-0.15, -0.1) is 0 Å². The minimum absolute atomic E-state index is 0.130. The first-order chi connectivity index (χ1) is 8.53. The van der Waals surface area contributed by atoms with Gasteiger partial charge in [0.2, 0.25) is 0 Å².